The van der Waals surface area contributed by atoms with Gasteiger partial charge in [0.2, 0.25) is 0 Å². The van der Waals surface area contributed by atoms with E-state index < -0.39 is 0 Å². The Morgan fingerprint density at radius 2 is 2.03 bits per heavy atom. The first-order valence-electron chi connectivity index (χ1n) is 9.06. The van der Waals surface area contributed by atoms with Crippen LogP contribution in [0, 0.1) is 11.3 Å². The third-order valence-electron chi connectivity index (χ3n) is 5.07. The van der Waals surface area contributed by atoms with Gasteiger partial charge in [0.05, 0.1) is 23.9 Å². The largest absolute Gasteiger partial charge is 0.326 e. The number of hydrogen-bond acceptors (Lipinski definition) is 4. The lowest BCUT2D eigenvalue weighted by Crippen LogP contribution is -2.23. The Kier molecular flexibility index (Phi) is 5.98. The number of alkyl halides is 1. The maximum absolute atomic E-state index is 13.3. The van der Waals surface area contributed by atoms with Crippen LogP contribution in [0.4, 0.5) is 5.69 Å². The van der Waals surface area contributed by atoms with E-state index in [0.29, 0.717) is 38.0 Å². The van der Waals surface area contributed by atoms with Crippen LogP contribution in [0.2, 0.25) is 10.0 Å². The van der Waals surface area contributed by atoms with Gasteiger partial charge in [0.15, 0.2) is 0 Å². The third kappa shape index (κ3) is 3.56. The number of carbonyl (C=O) groups is 1. The molecule has 8 heteroatoms. The minimum absolute atomic E-state index is 0.207. The molecule has 1 aromatic heterocycles. The van der Waals surface area contributed by atoms with Gasteiger partial charge < -0.3 is 10.6 Å². The fourth-order valence-electron chi connectivity index (χ4n) is 3.70. The van der Waals surface area contributed by atoms with E-state index in [2.05, 4.69) is 33.6 Å². The number of halogens is 3. The summed E-state index contributed by atoms with van der Waals surface area (Å²) in [5, 5.41) is 10.2. The number of nitrogens with zero attached hydrogens (tertiary/aromatic N) is 3. The molecule has 0 saturated carbocycles. The highest BCUT2D eigenvalue weighted by atomic mass is 127. The molecule has 1 aliphatic heterocycles. The van der Waals surface area contributed by atoms with Gasteiger partial charge in [-0.25, -0.2) is 4.98 Å². The standard InChI is InChI=1S/C22H15Cl2IN4O/c23-13-4-5-15(18(24)7-13)20-16(10-27)19(8-25)28-21-17(20)11-29(22(21)30)14-3-1-2-12(6-14)9-26/h1-7H,8,10-11,27H2. The molecule has 0 fully saturated rings. The zero-order valence-electron chi connectivity index (χ0n) is 15.6. The van der Waals surface area contributed by atoms with E-state index in [-0.39, 0.29) is 12.5 Å². The van der Waals surface area contributed by atoms with E-state index in [1.54, 1.807) is 35.2 Å². The van der Waals surface area contributed by atoms with Crippen LogP contribution < -0.4 is 10.6 Å². The number of fused-ring (bicyclic) bond motifs is 1. The van der Waals surface area contributed by atoms with Crippen LogP contribution in [0.1, 0.15) is 32.9 Å². The highest BCUT2D eigenvalue weighted by molar-refractivity contribution is 14.1. The Morgan fingerprint density at radius 1 is 1.23 bits per heavy atom. The van der Waals surface area contributed by atoms with Gasteiger partial charge >= 0.3 is 0 Å². The molecule has 1 amide bonds. The van der Waals surface area contributed by atoms with E-state index in [4.69, 9.17) is 28.9 Å². The SMILES string of the molecule is N#Cc1cccc(N2Cc3c(nc(CI)c(CN)c3-c3ccc(Cl)cc3Cl)C2=O)c1. The summed E-state index contributed by atoms with van der Waals surface area (Å²) < 4.78 is 0.604. The first-order valence-corrected chi connectivity index (χ1v) is 11.3. The van der Waals surface area contributed by atoms with Crippen LogP contribution in [0.5, 0.6) is 0 Å². The summed E-state index contributed by atoms with van der Waals surface area (Å²) in [6, 6.07) is 14.4. The van der Waals surface area contributed by atoms with Gasteiger partial charge in [0.25, 0.3) is 5.91 Å². The molecule has 30 heavy (non-hydrogen) atoms. The second-order valence-electron chi connectivity index (χ2n) is 6.75. The Morgan fingerprint density at radius 3 is 2.70 bits per heavy atom. The van der Waals surface area contributed by atoms with Crippen molar-refractivity contribution in [2.45, 2.75) is 17.5 Å². The molecule has 0 aliphatic carbocycles. The molecule has 2 N–H and O–H groups in total. The lowest BCUT2D eigenvalue weighted by molar-refractivity contribution is 0.0992. The number of amides is 1. The van der Waals surface area contributed by atoms with Crippen molar-refractivity contribution < 1.29 is 4.79 Å². The van der Waals surface area contributed by atoms with Crippen molar-refractivity contribution in [1.29, 1.82) is 5.26 Å². The van der Waals surface area contributed by atoms with Crippen LogP contribution in [0.15, 0.2) is 42.5 Å². The molecule has 2 aromatic carbocycles. The van der Waals surface area contributed by atoms with Gasteiger partial charge in [-0.05, 0) is 41.5 Å². The second-order valence-corrected chi connectivity index (χ2v) is 8.36. The third-order valence-corrected chi connectivity index (χ3v) is 6.34. The molecule has 2 heterocycles. The molecule has 0 saturated heterocycles. The zero-order valence-corrected chi connectivity index (χ0v) is 19.3. The second kappa shape index (κ2) is 8.52. The lowest BCUT2D eigenvalue weighted by Gasteiger charge is -2.18. The molecule has 0 unspecified atom stereocenters. The van der Waals surface area contributed by atoms with Crippen LogP contribution in [-0.4, -0.2) is 10.9 Å². The predicted octanol–water partition coefficient (Wildman–Crippen LogP) is 5.48. The number of aromatic nitrogens is 1. The molecule has 5 nitrogen and oxygen atoms in total. The summed E-state index contributed by atoms with van der Waals surface area (Å²) >= 11 is 14.9. The highest BCUT2D eigenvalue weighted by Gasteiger charge is 2.35. The summed E-state index contributed by atoms with van der Waals surface area (Å²) in [6.07, 6.45) is 0. The quantitative estimate of drug-likeness (QED) is 0.345. The van der Waals surface area contributed by atoms with Gasteiger partial charge in [0.1, 0.15) is 5.69 Å². The van der Waals surface area contributed by atoms with Crippen molar-refractivity contribution in [1.82, 2.24) is 4.98 Å². The number of anilines is 1. The van der Waals surface area contributed by atoms with Gasteiger partial charge in [0, 0.05) is 37.8 Å². The summed E-state index contributed by atoms with van der Waals surface area (Å²) in [5.41, 5.74) is 11.7. The molecule has 0 spiro atoms. The molecule has 4 rings (SSSR count). The van der Waals surface area contributed by atoms with Gasteiger partial charge in [-0.2, -0.15) is 5.26 Å². The molecule has 3 aromatic rings. The number of rotatable bonds is 4. The molecule has 0 radical (unpaired) electrons. The number of hydrogen-bond donors (Lipinski definition) is 1. The lowest BCUT2D eigenvalue weighted by atomic mass is 9.93. The van der Waals surface area contributed by atoms with Crippen molar-refractivity contribution in [2.24, 2.45) is 5.73 Å². The zero-order chi connectivity index (χ0) is 21.4. The maximum atomic E-state index is 13.3. The van der Waals surface area contributed by atoms with Crippen LogP contribution >= 0.6 is 45.8 Å². The van der Waals surface area contributed by atoms with Crippen molar-refractivity contribution in [3.63, 3.8) is 0 Å². The smallest absolute Gasteiger partial charge is 0.277 e. The van der Waals surface area contributed by atoms with Crippen LogP contribution in [0.3, 0.4) is 0 Å². The monoisotopic (exact) mass is 548 g/mol. The Balaban J connectivity index is 1.94. The average molecular weight is 549 g/mol. The summed E-state index contributed by atoms with van der Waals surface area (Å²) in [6.45, 7) is 0.587. The fourth-order valence-corrected chi connectivity index (χ4v) is 4.84. The minimum Gasteiger partial charge on any atom is -0.326 e. The summed E-state index contributed by atoms with van der Waals surface area (Å²) in [4.78, 5) is 19.6. The number of carbonyl (C=O) groups excluding carboxylic acids is 1. The maximum Gasteiger partial charge on any atom is 0.277 e. The van der Waals surface area contributed by atoms with Gasteiger partial charge in [-0.15, -0.1) is 0 Å². The number of benzene rings is 2. The Hall–Kier alpha value is -2.18. The fraction of sp³-hybridized carbons (Fsp3) is 0.136. The molecule has 0 bridgehead atoms. The van der Waals surface area contributed by atoms with Gasteiger partial charge in [-0.3, -0.25) is 4.79 Å². The number of pyridine rings is 1. The predicted molar refractivity (Wildman–Crippen MR) is 127 cm³/mol. The average Bonchev–Trinajstić information content (AvgIpc) is 3.09. The summed E-state index contributed by atoms with van der Waals surface area (Å²) in [7, 11) is 0. The van der Waals surface area contributed by atoms with Crippen molar-refractivity contribution in [3.05, 3.63) is 80.6 Å². The number of nitriles is 1. The van der Waals surface area contributed by atoms with Gasteiger partial charge in [-0.1, -0.05) is 57.9 Å². The van der Waals surface area contributed by atoms with E-state index >= 15 is 0 Å². The molecular weight excluding hydrogens is 534 g/mol. The first kappa shape index (κ1) is 21.1. The van der Waals surface area contributed by atoms with Crippen molar-refractivity contribution in [2.75, 3.05) is 4.90 Å². The molecule has 0 atom stereocenters. The summed E-state index contributed by atoms with van der Waals surface area (Å²) in [5.74, 6) is -0.207. The van der Waals surface area contributed by atoms with Crippen molar-refractivity contribution >= 4 is 57.4 Å². The number of nitrogens with two attached hydrogens (primary N) is 1. The van der Waals surface area contributed by atoms with Crippen LogP contribution in [0.25, 0.3) is 11.1 Å². The molecule has 150 valence electrons. The normalized spacial score (nSPS) is 12.8. The first-order chi connectivity index (χ1) is 14.5. The van der Waals surface area contributed by atoms with E-state index in [0.717, 1.165) is 27.9 Å². The topological polar surface area (TPSA) is 83.0 Å². The minimum atomic E-state index is -0.207. The molecule has 1 aliphatic rings. The Labute approximate surface area is 197 Å². The van der Waals surface area contributed by atoms with E-state index in [9.17, 15) is 10.1 Å². The van der Waals surface area contributed by atoms with E-state index in [1.165, 1.54) is 0 Å². The molecular formula is C22H15Cl2IN4O. The highest BCUT2D eigenvalue weighted by Crippen LogP contribution is 2.41. The van der Waals surface area contributed by atoms with Crippen LogP contribution in [-0.2, 0) is 17.5 Å². The van der Waals surface area contributed by atoms with E-state index in [1.807, 2.05) is 12.1 Å². The van der Waals surface area contributed by atoms with Crippen molar-refractivity contribution in [3.8, 4) is 17.2 Å². The Bertz CT molecular complexity index is 1220.